The van der Waals surface area contributed by atoms with Gasteiger partial charge in [-0.1, -0.05) is 6.92 Å². The predicted molar refractivity (Wildman–Crippen MR) is 69.0 cm³/mol. The maximum Gasteiger partial charge on any atom is 0.151 e. The first-order valence-electron chi connectivity index (χ1n) is 6.28. The van der Waals surface area contributed by atoms with Gasteiger partial charge in [-0.15, -0.1) is 0 Å². The SMILES string of the molecule is CCS(=O)(=O)CCNC(C)CC1COCCN1. The predicted octanol–water partition coefficient (Wildman–Crippen LogP) is -0.222. The second-order valence-electron chi connectivity index (χ2n) is 4.55. The Balaban J connectivity index is 2.14. The summed E-state index contributed by atoms with van der Waals surface area (Å²) in [5.41, 5.74) is 0. The van der Waals surface area contributed by atoms with Crippen LogP contribution in [-0.4, -0.2) is 58.3 Å². The van der Waals surface area contributed by atoms with Gasteiger partial charge in [-0.2, -0.15) is 0 Å². The summed E-state index contributed by atoms with van der Waals surface area (Å²) in [5, 5.41) is 6.63. The third-order valence-electron chi connectivity index (χ3n) is 2.98. The molecule has 0 radical (unpaired) electrons. The minimum Gasteiger partial charge on any atom is -0.379 e. The lowest BCUT2D eigenvalue weighted by atomic mass is 10.1. The van der Waals surface area contributed by atoms with E-state index in [1.165, 1.54) is 0 Å². The average Bonchev–Trinajstić information content (AvgIpc) is 2.30. The second kappa shape index (κ2) is 7.31. The van der Waals surface area contributed by atoms with E-state index in [9.17, 15) is 8.42 Å². The van der Waals surface area contributed by atoms with Crippen LogP contribution in [0.1, 0.15) is 20.3 Å². The van der Waals surface area contributed by atoms with Gasteiger partial charge in [0.25, 0.3) is 0 Å². The highest BCUT2D eigenvalue weighted by atomic mass is 32.2. The van der Waals surface area contributed by atoms with Crippen LogP contribution in [-0.2, 0) is 14.6 Å². The Labute approximate surface area is 104 Å². The summed E-state index contributed by atoms with van der Waals surface area (Å²) in [6.07, 6.45) is 0.964. The van der Waals surface area contributed by atoms with Crippen molar-refractivity contribution < 1.29 is 13.2 Å². The maximum absolute atomic E-state index is 11.3. The third-order valence-corrected chi connectivity index (χ3v) is 4.69. The van der Waals surface area contributed by atoms with Gasteiger partial charge in [0.1, 0.15) is 0 Å². The molecule has 2 atom stereocenters. The molecule has 0 aromatic carbocycles. The van der Waals surface area contributed by atoms with Crippen LogP contribution in [0.3, 0.4) is 0 Å². The Morgan fingerprint density at radius 3 is 2.88 bits per heavy atom. The highest BCUT2D eigenvalue weighted by molar-refractivity contribution is 7.91. The molecular weight excluding hydrogens is 240 g/mol. The van der Waals surface area contributed by atoms with Gasteiger partial charge in [-0.05, 0) is 13.3 Å². The fraction of sp³-hybridized carbons (Fsp3) is 1.00. The highest BCUT2D eigenvalue weighted by Crippen LogP contribution is 2.02. The summed E-state index contributed by atoms with van der Waals surface area (Å²) < 4.78 is 28.0. The van der Waals surface area contributed by atoms with Crippen LogP contribution in [0.25, 0.3) is 0 Å². The summed E-state index contributed by atoms with van der Waals surface area (Å²) in [7, 11) is -2.85. The molecule has 102 valence electrons. The van der Waals surface area contributed by atoms with Gasteiger partial charge in [-0.25, -0.2) is 8.42 Å². The molecule has 1 rings (SSSR count). The first-order valence-corrected chi connectivity index (χ1v) is 8.10. The number of hydrogen-bond donors (Lipinski definition) is 2. The second-order valence-corrected chi connectivity index (χ2v) is 7.03. The van der Waals surface area contributed by atoms with Crippen molar-refractivity contribution in [3.8, 4) is 0 Å². The molecule has 6 heteroatoms. The van der Waals surface area contributed by atoms with Crippen LogP contribution in [0.15, 0.2) is 0 Å². The van der Waals surface area contributed by atoms with Crippen LogP contribution < -0.4 is 10.6 Å². The van der Waals surface area contributed by atoms with Crippen molar-refractivity contribution in [3.63, 3.8) is 0 Å². The lowest BCUT2D eigenvalue weighted by molar-refractivity contribution is 0.0713. The van der Waals surface area contributed by atoms with Gasteiger partial charge in [0.2, 0.25) is 0 Å². The van der Waals surface area contributed by atoms with E-state index >= 15 is 0 Å². The number of morpholine rings is 1. The van der Waals surface area contributed by atoms with Crippen LogP contribution in [0.2, 0.25) is 0 Å². The average molecular weight is 264 g/mol. The van der Waals surface area contributed by atoms with E-state index in [0.29, 0.717) is 18.6 Å². The summed E-state index contributed by atoms with van der Waals surface area (Å²) in [6.45, 7) is 6.73. The number of nitrogens with one attached hydrogen (secondary N) is 2. The molecule has 0 saturated carbocycles. The van der Waals surface area contributed by atoms with Crippen LogP contribution >= 0.6 is 0 Å². The van der Waals surface area contributed by atoms with E-state index in [2.05, 4.69) is 17.6 Å². The normalized spacial score (nSPS) is 23.5. The summed E-state index contributed by atoms with van der Waals surface area (Å²) >= 11 is 0. The lowest BCUT2D eigenvalue weighted by Gasteiger charge is -2.26. The van der Waals surface area contributed by atoms with Crippen molar-refractivity contribution in [2.24, 2.45) is 0 Å². The fourth-order valence-corrected chi connectivity index (χ4v) is 2.60. The Morgan fingerprint density at radius 1 is 1.53 bits per heavy atom. The molecule has 0 aromatic rings. The van der Waals surface area contributed by atoms with E-state index in [1.54, 1.807) is 6.92 Å². The van der Waals surface area contributed by atoms with Gasteiger partial charge >= 0.3 is 0 Å². The summed E-state index contributed by atoms with van der Waals surface area (Å²) in [4.78, 5) is 0. The monoisotopic (exact) mass is 264 g/mol. The molecule has 1 fully saturated rings. The van der Waals surface area contributed by atoms with E-state index in [-0.39, 0.29) is 11.5 Å². The van der Waals surface area contributed by atoms with Crippen molar-refractivity contribution in [2.75, 3.05) is 37.8 Å². The third kappa shape index (κ3) is 6.35. The molecule has 0 aromatic heterocycles. The van der Waals surface area contributed by atoms with Crippen molar-refractivity contribution >= 4 is 9.84 Å². The first-order chi connectivity index (χ1) is 8.03. The molecule has 2 N–H and O–H groups in total. The summed E-state index contributed by atoms with van der Waals surface area (Å²) in [5.74, 6) is 0.448. The smallest absolute Gasteiger partial charge is 0.151 e. The zero-order valence-electron chi connectivity index (χ0n) is 10.7. The van der Waals surface area contributed by atoms with Gasteiger partial charge < -0.3 is 15.4 Å². The molecule has 0 bridgehead atoms. The van der Waals surface area contributed by atoms with Crippen molar-refractivity contribution in [3.05, 3.63) is 0 Å². The van der Waals surface area contributed by atoms with E-state index in [0.717, 1.165) is 26.2 Å². The van der Waals surface area contributed by atoms with E-state index in [1.807, 2.05) is 0 Å². The van der Waals surface area contributed by atoms with Crippen LogP contribution in [0, 0.1) is 0 Å². The number of rotatable bonds is 7. The van der Waals surface area contributed by atoms with Gasteiger partial charge in [-0.3, -0.25) is 0 Å². The maximum atomic E-state index is 11.3. The summed E-state index contributed by atoms with van der Waals surface area (Å²) in [6, 6.07) is 0.690. The Bertz CT molecular complexity index is 300. The minimum atomic E-state index is -2.85. The number of hydrogen-bond acceptors (Lipinski definition) is 5. The molecule has 0 aliphatic carbocycles. The number of sulfone groups is 1. The minimum absolute atomic E-state index is 0.223. The highest BCUT2D eigenvalue weighted by Gasteiger charge is 2.16. The van der Waals surface area contributed by atoms with E-state index < -0.39 is 9.84 Å². The Kier molecular flexibility index (Phi) is 6.40. The van der Waals surface area contributed by atoms with Crippen molar-refractivity contribution in [1.82, 2.24) is 10.6 Å². The zero-order chi connectivity index (χ0) is 12.7. The van der Waals surface area contributed by atoms with E-state index in [4.69, 9.17) is 4.74 Å². The molecule has 2 unspecified atom stereocenters. The standard InChI is InChI=1S/C11H24N2O3S/c1-3-17(14,15)7-5-12-10(2)8-11-9-16-6-4-13-11/h10-13H,3-9H2,1-2H3. The topological polar surface area (TPSA) is 67.4 Å². The molecular formula is C11H24N2O3S. The fourth-order valence-electron chi connectivity index (χ4n) is 1.89. The Hall–Kier alpha value is -0.170. The van der Waals surface area contributed by atoms with Crippen molar-refractivity contribution in [1.29, 1.82) is 0 Å². The lowest BCUT2D eigenvalue weighted by Crippen LogP contribution is -2.45. The van der Waals surface area contributed by atoms with Crippen LogP contribution in [0.4, 0.5) is 0 Å². The molecule has 1 heterocycles. The zero-order valence-corrected chi connectivity index (χ0v) is 11.6. The molecule has 5 nitrogen and oxygen atoms in total. The molecule has 0 spiro atoms. The molecule has 0 amide bonds. The van der Waals surface area contributed by atoms with Gasteiger partial charge in [0.15, 0.2) is 9.84 Å². The largest absolute Gasteiger partial charge is 0.379 e. The number of ether oxygens (including phenoxy) is 1. The van der Waals surface area contributed by atoms with Gasteiger partial charge in [0.05, 0.1) is 19.0 Å². The Morgan fingerprint density at radius 2 is 2.29 bits per heavy atom. The van der Waals surface area contributed by atoms with Crippen LogP contribution in [0.5, 0.6) is 0 Å². The quantitative estimate of drug-likeness (QED) is 0.665. The molecule has 17 heavy (non-hydrogen) atoms. The first kappa shape index (κ1) is 14.9. The molecule has 1 aliphatic heterocycles. The molecule has 1 saturated heterocycles. The molecule has 1 aliphatic rings. The van der Waals surface area contributed by atoms with Crippen molar-refractivity contribution in [2.45, 2.75) is 32.4 Å². The van der Waals surface area contributed by atoms with Gasteiger partial charge in [0, 0.05) is 30.9 Å².